The molecule has 1 aromatic heterocycles. The topological polar surface area (TPSA) is 52.1 Å². The largest absolute Gasteiger partial charge is 0.462 e. The van der Waals surface area contributed by atoms with Crippen LogP contribution in [0.15, 0.2) is 36.7 Å². The van der Waals surface area contributed by atoms with E-state index in [1.54, 1.807) is 12.1 Å². The van der Waals surface area contributed by atoms with Gasteiger partial charge in [-0.25, -0.2) is 19.2 Å². The Labute approximate surface area is 110 Å². The molecular formula is C14H12FN2O2. The van der Waals surface area contributed by atoms with Crippen molar-refractivity contribution in [2.24, 2.45) is 0 Å². The van der Waals surface area contributed by atoms with Gasteiger partial charge >= 0.3 is 5.97 Å². The molecular weight excluding hydrogens is 247 g/mol. The van der Waals surface area contributed by atoms with Gasteiger partial charge in [0, 0.05) is 18.0 Å². The van der Waals surface area contributed by atoms with Gasteiger partial charge in [-0.3, -0.25) is 0 Å². The fourth-order valence-electron chi connectivity index (χ4n) is 1.46. The summed E-state index contributed by atoms with van der Waals surface area (Å²) in [5.74, 6) is -0.498. The number of rotatable bonds is 4. The molecule has 0 atom stereocenters. The first-order valence-corrected chi connectivity index (χ1v) is 5.75. The molecule has 5 heteroatoms. The third-order valence-electron chi connectivity index (χ3n) is 2.35. The highest BCUT2D eigenvalue weighted by Crippen LogP contribution is 2.15. The number of carbonyl (C=O) groups excluding carboxylic acids is 1. The van der Waals surface area contributed by atoms with Crippen molar-refractivity contribution in [3.05, 3.63) is 55.0 Å². The van der Waals surface area contributed by atoms with Crippen molar-refractivity contribution in [2.45, 2.75) is 6.42 Å². The SMILES string of the molecule is [CH2]CCOC(=O)c1cnc(-c2cccc(F)c2)nc1. The van der Waals surface area contributed by atoms with E-state index in [1.165, 1.54) is 24.5 Å². The van der Waals surface area contributed by atoms with Gasteiger partial charge in [-0.2, -0.15) is 0 Å². The zero-order chi connectivity index (χ0) is 13.7. The average molecular weight is 259 g/mol. The van der Waals surface area contributed by atoms with Gasteiger partial charge < -0.3 is 4.74 Å². The number of hydrogen-bond acceptors (Lipinski definition) is 4. The lowest BCUT2D eigenvalue weighted by atomic mass is 10.2. The van der Waals surface area contributed by atoms with Crippen LogP contribution in [0.25, 0.3) is 11.4 Å². The molecule has 1 radical (unpaired) electrons. The van der Waals surface area contributed by atoms with E-state index in [4.69, 9.17) is 4.74 Å². The number of carbonyl (C=O) groups is 1. The van der Waals surface area contributed by atoms with E-state index >= 15 is 0 Å². The predicted octanol–water partition coefficient (Wildman–Crippen LogP) is 2.66. The Hall–Kier alpha value is -2.30. The van der Waals surface area contributed by atoms with Gasteiger partial charge in [-0.15, -0.1) is 0 Å². The van der Waals surface area contributed by atoms with E-state index < -0.39 is 5.97 Å². The van der Waals surface area contributed by atoms with Crippen LogP contribution in [0.4, 0.5) is 4.39 Å². The quantitative estimate of drug-likeness (QED) is 0.792. The number of benzene rings is 1. The first kappa shape index (κ1) is 13.1. The van der Waals surface area contributed by atoms with Crippen molar-refractivity contribution < 1.29 is 13.9 Å². The third kappa shape index (κ3) is 3.34. The fourth-order valence-corrected chi connectivity index (χ4v) is 1.46. The summed E-state index contributed by atoms with van der Waals surface area (Å²) in [6, 6.07) is 5.94. The molecule has 0 N–H and O–H groups in total. The van der Waals surface area contributed by atoms with Crippen LogP contribution in [0.5, 0.6) is 0 Å². The maximum atomic E-state index is 13.1. The van der Waals surface area contributed by atoms with Gasteiger partial charge in [0.2, 0.25) is 0 Å². The molecule has 0 bridgehead atoms. The lowest BCUT2D eigenvalue weighted by Crippen LogP contribution is -2.07. The average Bonchev–Trinajstić information content (AvgIpc) is 2.45. The molecule has 0 aliphatic rings. The third-order valence-corrected chi connectivity index (χ3v) is 2.35. The number of nitrogens with zero attached hydrogens (tertiary/aromatic N) is 2. The predicted molar refractivity (Wildman–Crippen MR) is 67.7 cm³/mol. The van der Waals surface area contributed by atoms with Crippen LogP contribution in [-0.2, 0) is 4.74 Å². The normalized spacial score (nSPS) is 10.2. The highest BCUT2D eigenvalue weighted by Gasteiger charge is 2.09. The molecule has 2 aromatic rings. The maximum Gasteiger partial charge on any atom is 0.341 e. The molecule has 2 rings (SSSR count). The molecule has 0 fully saturated rings. The molecule has 19 heavy (non-hydrogen) atoms. The molecule has 0 saturated carbocycles. The van der Waals surface area contributed by atoms with Gasteiger partial charge in [0.1, 0.15) is 5.82 Å². The minimum Gasteiger partial charge on any atom is -0.462 e. The summed E-state index contributed by atoms with van der Waals surface area (Å²) >= 11 is 0. The lowest BCUT2D eigenvalue weighted by molar-refractivity contribution is 0.0510. The van der Waals surface area contributed by atoms with E-state index in [2.05, 4.69) is 16.9 Å². The van der Waals surface area contributed by atoms with Gasteiger partial charge in [-0.05, 0) is 25.5 Å². The molecule has 0 unspecified atom stereocenters. The Bertz CT molecular complexity index is 570. The fraction of sp³-hybridized carbons (Fsp3) is 0.143. The summed E-state index contributed by atoms with van der Waals surface area (Å²) in [6.07, 6.45) is 3.23. The van der Waals surface area contributed by atoms with E-state index in [0.717, 1.165) is 0 Å². The van der Waals surface area contributed by atoms with Crippen molar-refractivity contribution in [1.29, 1.82) is 0 Å². The smallest absolute Gasteiger partial charge is 0.341 e. The van der Waals surface area contributed by atoms with Crippen LogP contribution in [-0.4, -0.2) is 22.5 Å². The Morgan fingerprint density at radius 2 is 2.05 bits per heavy atom. The van der Waals surface area contributed by atoms with Crippen molar-refractivity contribution in [3.63, 3.8) is 0 Å². The minimum absolute atomic E-state index is 0.254. The first-order chi connectivity index (χ1) is 9.20. The van der Waals surface area contributed by atoms with Crippen LogP contribution in [0.2, 0.25) is 0 Å². The summed E-state index contributed by atoms with van der Waals surface area (Å²) in [5.41, 5.74) is 0.811. The molecule has 0 amide bonds. The second kappa shape index (κ2) is 6.04. The van der Waals surface area contributed by atoms with Crippen LogP contribution in [0.3, 0.4) is 0 Å². The van der Waals surface area contributed by atoms with Crippen LogP contribution < -0.4 is 0 Å². The van der Waals surface area contributed by atoms with Crippen molar-refractivity contribution in [3.8, 4) is 11.4 Å². The number of ether oxygens (including phenoxy) is 1. The van der Waals surface area contributed by atoms with E-state index in [-0.39, 0.29) is 18.0 Å². The second-order valence-corrected chi connectivity index (χ2v) is 3.80. The summed E-state index contributed by atoms with van der Waals surface area (Å²) in [5, 5.41) is 0. The second-order valence-electron chi connectivity index (χ2n) is 3.80. The summed E-state index contributed by atoms with van der Waals surface area (Å²) in [6.45, 7) is 3.82. The van der Waals surface area contributed by atoms with Gasteiger partial charge in [-0.1, -0.05) is 12.1 Å². The molecule has 0 aliphatic carbocycles. The van der Waals surface area contributed by atoms with Crippen molar-refractivity contribution in [2.75, 3.05) is 6.61 Å². The van der Waals surface area contributed by atoms with Gasteiger partial charge in [0.05, 0.1) is 12.2 Å². The Balaban J connectivity index is 2.16. The molecule has 4 nitrogen and oxygen atoms in total. The Morgan fingerprint density at radius 1 is 1.32 bits per heavy atom. The molecule has 97 valence electrons. The number of hydrogen-bond donors (Lipinski definition) is 0. The highest BCUT2D eigenvalue weighted by atomic mass is 19.1. The summed E-state index contributed by atoms with van der Waals surface area (Å²) in [7, 11) is 0. The Morgan fingerprint density at radius 3 is 2.68 bits per heavy atom. The molecule has 0 saturated heterocycles. The molecule has 1 aromatic carbocycles. The number of aromatic nitrogens is 2. The van der Waals surface area contributed by atoms with Crippen molar-refractivity contribution in [1.82, 2.24) is 9.97 Å². The first-order valence-electron chi connectivity index (χ1n) is 5.75. The Kier molecular flexibility index (Phi) is 4.18. The molecule has 0 spiro atoms. The van der Waals surface area contributed by atoms with Gasteiger partial charge in [0.15, 0.2) is 5.82 Å². The highest BCUT2D eigenvalue weighted by molar-refractivity contribution is 5.88. The van der Waals surface area contributed by atoms with Crippen molar-refractivity contribution >= 4 is 5.97 Å². The number of esters is 1. The summed E-state index contributed by atoms with van der Waals surface area (Å²) in [4.78, 5) is 19.6. The maximum absolute atomic E-state index is 13.1. The molecule has 1 heterocycles. The summed E-state index contributed by atoms with van der Waals surface area (Å²) < 4.78 is 18.0. The van der Waals surface area contributed by atoms with Crippen LogP contribution >= 0.6 is 0 Å². The monoisotopic (exact) mass is 259 g/mol. The van der Waals surface area contributed by atoms with Gasteiger partial charge in [0.25, 0.3) is 0 Å². The minimum atomic E-state index is -0.491. The standard InChI is InChI=1S/C14H12FN2O2/c1-2-6-19-14(18)11-8-16-13(17-9-11)10-4-3-5-12(15)7-10/h3-5,7-9H,1-2,6H2. The zero-order valence-corrected chi connectivity index (χ0v) is 10.2. The van der Waals surface area contributed by atoms with E-state index in [0.29, 0.717) is 17.8 Å². The van der Waals surface area contributed by atoms with Crippen LogP contribution in [0.1, 0.15) is 16.8 Å². The van der Waals surface area contributed by atoms with E-state index in [9.17, 15) is 9.18 Å². The molecule has 0 aliphatic heterocycles. The van der Waals surface area contributed by atoms with E-state index in [1.807, 2.05) is 0 Å². The zero-order valence-electron chi connectivity index (χ0n) is 10.2. The van der Waals surface area contributed by atoms with Crippen LogP contribution in [0, 0.1) is 12.7 Å². The number of halogens is 1. The lowest BCUT2D eigenvalue weighted by Gasteiger charge is -2.03.